The van der Waals surface area contributed by atoms with E-state index in [1.165, 1.54) is 17.7 Å². The molecule has 2 aromatic carbocycles. The Morgan fingerprint density at radius 1 is 1.06 bits per heavy atom. The molecule has 0 spiro atoms. The number of fused-ring (bicyclic) bond motifs is 1. The van der Waals surface area contributed by atoms with Crippen LogP contribution < -0.4 is 20.1 Å². The van der Waals surface area contributed by atoms with Crippen LogP contribution in [0.2, 0.25) is 0 Å². The van der Waals surface area contributed by atoms with Gasteiger partial charge in [0.05, 0.1) is 19.3 Å². The molecule has 2 aliphatic heterocycles. The fraction of sp³-hybridized carbons (Fsp3) is 0.435. The molecule has 2 aromatic rings. The molecule has 31 heavy (non-hydrogen) atoms. The quantitative estimate of drug-likeness (QED) is 0.521. The minimum absolute atomic E-state index is 0.108. The number of aliphatic imine (C=N–C) groups is 1. The Labute approximate surface area is 182 Å². The number of guanidine groups is 1. The van der Waals surface area contributed by atoms with E-state index in [-0.39, 0.29) is 18.7 Å². The standard InChI is InChI=1S/C23H29FN4O3/c1-25-23(26-9-8-17-2-7-21-22(14-17)31-16-30-21)27-15-20(28-10-12-29-13-11-28)18-3-5-19(24)6-4-18/h2-7,14,20H,8-13,15-16H2,1H3,(H2,25,26,27). The van der Waals surface area contributed by atoms with Crippen LogP contribution in [0.4, 0.5) is 4.39 Å². The van der Waals surface area contributed by atoms with Crippen LogP contribution in [-0.4, -0.2) is 64.1 Å². The van der Waals surface area contributed by atoms with E-state index in [1.807, 2.05) is 30.3 Å². The van der Waals surface area contributed by atoms with Gasteiger partial charge in [-0.05, 0) is 41.8 Å². The Balaban J connectivity index is 1.32. The van der Waals surface area contributed by atoms with Gasteiger partial charge in [0.1, 0.15) is 5.82 Å². The Morgan fingerprint density at radius 3 is 2.61 bits per heavy atom. The van der Waals surface area contributed by atoms with Crippen molar-refractivity contribution < 1.29 is 18.6 Å². The number of ether oxygens (including phenoxy) is 3. The third kappa shape index (κ3) is 5.65. The van der Waals surface area contributed by atoms with Gasteiger partial charge >= 0.3 is 0 Å². The second-order valence-corrected chi connectivity index (χ2v) is 7.53. The Hall–Kier alpha value is -2.84. The van der Waals surface area contributed by atoms with E-state index in [9.17, 15) is 4.39 Å². The number of rotatable bonds is 7. The van der Waals surface area contributed by atoms with E-state index >= 15 is 0 Å². The topological polar surface area (TPSA) is 67.4 Å². The Bertz CT molecular complexity index is 885. The molecule has 2 aliphatic rings. The van der Waals surface area contributed by atoms with E-state index in [0.29, 0.717) is 19.8 Å². The molecule has 0 amide bonds. The van der Waals surface area contributed by atoms with Gasteiger partial charge in [-0.1, -0.05) is 18.2 Å². The maximum absolute atomic E-state index is 13.4. The van der Waals surface area contributed by atoms with Crippen molar-refractivity contribution in [2.24, 2.45) is 4.99 Å². The van der Waals surface area contributed by atoms with Crippen LogP contribution in [0.1, 0.15) is 17.2 Å². The number of morpholine rings is 1. The van der Waals surface area contributed by atoms with Crippen molar-refractivity contribution in [3.05, 3.63) is 59.4 Å². The molecule has 0 radical (unpaired) electrons. The molecular formula is C23H29FN4O3. The summed E-state index contributed by atoms with van der Waals surface area (Å²) in [5.74, 6) is 2.11. The molecule has 1 saturated heterocycles. The molecule has 1 atom stereocenters. The van der Waals surface area contributed by atoms with Crippen molar-refractivity contribution in [2.75, 3.05) is 53.2 Å². The predicted octanol–water partition coefficient (Wildman–Crippen LogP) is 2.34. The molecule has 0 aliphatic carbocycles. The van der Waals surface area contributed by atoms with Gasteiger partial charge in [-0.15, -0.1) is 0 Å². The van der Waals surface area contributed by atoms with E-state index in [2.05, 4.69) is 20.5 Å². The summed E-state index contributed by atoms with van der Waals surface area (Å²) >= 11 is 0. The smallest absolute Gasteiger partial charge is 0.231 e. The summed E-state index contributed by atoms with van der Waals surface area (Å²) in [4.78, 5) is 6.71. The van der Waals surface area contributed by atoms with Crippen LogP contribution in [0, 0.1) is 5.82 Å². The molecule has 0 saturated carbocycles. The normalized spacial score (nSPS) is 17.4. The highest BCUT2D eigenvalue weighted by molar-refractivity contribution is 5.79. The monoisotopic (exact) mass is 428 g/mol. The average Bonchev–Trinajstić information content (AvgIpc) is 3.28. The minimum atomic E-state index is -0.224. The molecule has 1 fully saturated rings. The maximum atomic E-state index is 13.4. The second-order valence-electron chi connectivity index (χ2n) is 7.53. The molecule has 2 heterocycles. The number of nitrogens with zero attached hydrogens (tertiary/aromatic N) is 2. The van der Waals surface area contributed by atoms with Crippen molar-refractivity contribution in [3.63, 3.8) is 0 Å². The van der Waals surface area contributed by atoms with Crippen LogP contribution in [0.5, 0.6) is 11.5 Å². The first-order valence-electron chi connectivity index (χ1n) is 10.6. The summed E-state index contributed by atoms with van der Waals surface area (Å²) in [7, 11) is 1.76. The van der Waals surface area contributed by atoms with Gasteiger partial charge in [0.25, 0.3) is 0 Å². The van der Waals surface area contributed by atoms with Crippen molar-refractivity contribution >= 4 is 5.96 Å². The zero-order chi connectivity index (χ0) is 21.5. The zero-order valence-corrected chi connectivity index (χ0v) is 17.8. The molecule has 2 N–H and O–H groups in total. The summed E-state index contributed by atoms with van der Waals surface area (Å²) in [5, 5.41) is 6.79. The summed E-state index contributed by atoms with van der Waals surface area (Å²) in [6.45, 7) is 4.79. The highest BCUT2D eigenvalue weighted by Gasteiger charge is 2.23. The highest BCUT2D eigenvalue weighted by Crippen LogP contribution is 2.32. The number of benzene rings is 2. The van der Waals surface area contributed by atoms with E-state index in [1.54, 1.807) is 7.05 Å². The lowest BCUT2D eigenvalue weighted by Gasteiger charge is -2.35. The van der Waals surface area contributed by atoms with Gasteiger partial charge in [-0.3, -0.25) is 9.89 Å². The molecule has 0 aromatic heterocycles. The van der Waals surface area contributed by atoms with Crippen LogP contribution in [0.25, 0.3) is 0 Å². The largest absolute Gasteiger partial charge is 0.454 e. The SMILES string of the molecule is CN=C(NCCc1ccc2c(c1)OCO2)NCC(c1ccc(F)cc1)N1CCOCC1. The molecule has 7 nitrogen and oxygen atoms in total. The van der Waals surface area contributed by atoms with Crippen LogP contribution in [0.15, 0.2) is 47.5 Å². The summed E-state index contributed by atoms with van der Waals surface area (Å²) in [6.07, 6.45) is 0.836. The Morgan fingerprint density at radius 2 is 1.84 bits per heavy atom. The fourth-order valence-corrected chi connectivity index (χ4v) is 3.87. The second kappa shape index (κ2) is 10.5. The van der Waals surface area contributed by atoms with Gasteiger partial charge < -0.3 is 24.8 Å². The molecule has 0 bridgehead atoms. The lowest BCUT2D eigenvalue weighted by atomic mass is 10.0. The average molecular weight is 429 g/mol. The number of hydrogen-bond acceptors (Lipinski definition) is 5. The first-order chi connectivity index (χ1) is 15.2. The lowest BCUT2D eigenvalue weighted by Crippen LogP contribution is -2.46. The number of halogens is 1. The van der Waals surface area contributed by atoms with Crippen molar-refractivity contribution in [1.29, 1.82) is 0 Å². The molecule has 1 unspecified atom stereocenters. The molecule has 166 valence electrons. The van der Waals surface area contributed by atoms with Gasteiger partial charge in [0.15, 0.2) is 17.5 Å². The molecule has 4 rings (SSSR count). The Kier molecular flexibility index (Phi) is 7.22. The maximum Gasteiger partial charge on any atom is 0.231 e. The van der Waals surface area contributed by atoms with E-state index < -0.39 is 0 Å². The van der Waals surface area contributed by atoms with E-state index in [4.69, 9.17) is 14.2 Å². The van der Waals surface area contributed by atoms with Crippen LogP contribution >= 0.6 is 0 Å². The summed E-state index contributed by atoms with van der Waals surface area (Å²) in [5.41, 5.74) is 2.25. The zero-order valence-electron chi connectivity index (χ0n) is 17.8. The van der Waals surface area contributed by atoms with E-state index in [0.717, 1.165) is 49.1 Å². The number of hydrogen-bond donors (Lipinski definition) is 2. The third-order valence-electron chi connectivity index (χ3n) is 5.57. The first kappa shape index (κ1) is 21.4. The lowest BCUT2D eigenvalue weighted by molar-refractivity contribution is 0.0170. The van der Waals surface area contributed by atoms with Gasteiger partial charge in [0.2, 0.25) is 6.79 Å². The van der Waals surface area contributed by atoms with Crippen LogP contribution in [0.3, 0.4) is 0 Å². The van der Waals surface area contributed by atoms with Crippen molar-refractivity contribution in [1.82, 2.24) is 15.5 Å². The van der Waals surface area contributed by atoms with Crippen LogP contribution in [-0.2, 0) is 11.2 Å². The van der Waals surface area contributed by atoms with Crippen molar-refractivity contribution in [3.8, 4) is 11.5 Å². The summed E-state index contributed by atoms with van der Waals surface area (Å²) < 4.78 is 29.7. The van der Waals surface area contributed by atoms with Gasteiger partial charge in [-0.25, -0.2) is 4.39 Å². The minimum Gasteiger partial charge on any atom is -0.454 e. The molecular weight excluding hydrogens is 399 g/mol. The van der Waals surface area contributed by atoms with Gasteiger partial charge in [-0.2, -0.15) is 0 Å². The summed E-state index contributed by atoms with van der Waals surface area (Å²) in [6, 6.07) is 12.9. The number of nitrogens with one attached hydrogen (secondary N) is 2. The third-order valence-corrected chi connectivity index (χ3v) is 5.57. The predicted molar refractivity (Wildman–Crippen MR) is 117 cm³/mol. The van der Waals surface area contributed by atoms with Crippen molar-refractivity contribution in [2.45, 2.75) is 12.5 Å². The first-order valence-corrected chi connectivity index (χ1v) is 10.6. The molecule has 8 heteroatoms. The van der Waals surface area contributed by atoms with Gasteiger partial charge in [0, 0.05) is 33.2 Å². The highest BCUT2D eigenvalue weighted by atomic mass is 19.1. The fourth-order valence-electron chi connectivity index (χ4n) is 3.87.